The molecular weight excluding hydrogens is 183 g/mol. The van der Waals surface area contributed by atoms with Crippen molar-refractivity contribution in [1.29, 1.82) is 0 Å². The lowest BCUT2D eigenvalue weighted by atomic mass is 10.1. The Bertz CT molecular complexity index is 256. The summed E-state index contributed by atoms with van der Waals surface area (Å²) < 4.78 is 18.1. The molecule has 1 unspecified atom stereocenters. The Kier molecular flexibility index (Phi) is 4.40. The Morgan fingerprint density at radius 3 is 2.50 bits per heavy atom. The third-order valence-corrected chi connectivity index (χ3v) is 1.91. The van der Waals surface area contributed by atoms with Gasteiger partial charge in [-0.25, -0.2) is 4.39 Å². The molecule has 78 valence electrons. The third kappa shape index (κ3) is 3.34. The van der Waals surface area contributed by atoms with E-state index in [1.54, 1.807) is 24.3 Å². The maximum Gasteiger partial charge on any atom is 0.122 e. The van der Waals surface area contributed by atoms with E-state index in [1.165, 1.54) is 6.92 Å². The van der Waals surface area contributed by atoms with Crippen molar-refractivity contribution in [2.24, 2.45) is 0 Å². The van der Waals surface area contributed by atoms with Gasteiger partial charge < -0.3 is 9.84 Å². The van der Waals surface area contributed by atoms with E-state index in [2.05, 4.69) is 0 Å². The fraction of sp³-hybridized carbons (Fsp3) is 0.455. The van der Waals surface area contributed by atoms with Crippen molar-refractivity contribution < 1.29 is 14.2 Å². The standard InChI is InChI=1S/C11H15FO2/c1-9(12)10-3-5-11(6-4-10)14-8-2-7-13/h3-6,9,13H,2,7-8H2,1H3. The molecule has 14 heavy (non-hydrogen) atoms. The minimum absolute atomic E-state index is 0.125. The number of alkyl halides is 1. The molecule has 0 aliphatic heterocycles. The zero-order valence-corrected chi connectivity index (χ0v) is 8.24. The highest BCUT2D eigenvalue weighted by molar-refractivity contribution is 5.28. The molecular formula is C11H15FO2. The van der Waals surface area contributed by atoms with Crippen LogP contribution in [0, 0.1) is 0 Å². The van der Waals surface area contributed by atoms with Crippen LogP contribution in [0.2, 0.25) is 0 Å². The molecule has 1 aromatic rings. The van der Waals surface area contributed by atoms with Gasteiger partial charge in [0.25, 0.3) is 0 Å². The number of hydrogen-bond acceptors (Lipinski definition) is 2. The van der Waals surface area contributed by atoms with E-state index in [-0.39, 0.29) is 6.61 Å². The molecule has 0 bridgehead atoms. The smallest absolute Gasteiger partial charge is 0.122 e. The lowest BCUT2D eigenvalue weighted by molar-refractivity contribution is 0.233. The van der Waals surface area contributed by atoms with Crippen LogP contribution in [0.15, 0.2) is 24.3 Å². The molecule has 1 rings (SSSR count). The number of hydrogen-bond donors (Lipinski definition) is 1. The Hall–Kier alpha value is -1.09. The van der Waals surface area contributed by atoms with Crippen molar-refractivity contribution >= 4 is 0 Å². The first-order valence-corrected chi connectivity index (χ1v) is 4.71. The molecule has 0 heterocycles. The highest BCUT2D eigenvalue weighted by Crippen LogP contribution is 2.19. The van der Waals surface area contributed by atoms with Gasteiger partial charge in [-0.3, -0.25) is 0 Å². The SMILES string of the molecule is CC(F)c1ccc(OCCCO)cc1. The summed E-state index contributed by atoms with van der Waals surface area (Å²) in [5, 5.41) is 8.53. The minimum Gasteiger partial charge on any atom is -0.494 e. The second kappa shape index (κ2) is 5.60. The van der Waals surface area contributed by atoms with Crippen LogP contribution < -0.4 is 4.74 Å². The normalized spacial score (nSPS) is 12.5. The van der Waals surface area contributed by atoms with Crippen LogP contribution >= 0.6 is 0 Å². The lowest BCUT2D eigenvalue weighted by Crippen LogP contribution is -1.99. The van der Waals surface area contributed by atoms with Crippen molar-refractivity contribution in [3.63, 3.8) is 0 Å². The highest BCUT2D eigenvalue weighted by atomic mass is 19.1. The van der Waals surface area contributed by atoms with Gasteiger partial charge in [0.15, 0.2) is 0 Å². The Morgan fingerprint density at radius 2 is 2.00 bits per heavy atom. The maximum atomic E-state index is 12.8. The van der Waals surface area contributed by atoms with Gasteiger partial charge in [-0.1, -0.05) is 12.1 Å². The number of aliphatic hydroxyl groups is 1. The van der Waals surface area contributed by atoms with Gasteiger partial charge in [0.2, 0.25) is 0 Å². The monoisotopic (exact) mass is 198 g/mol. The molecule has 0 amide bonds. The van der Waals surface area contributed by atoms with Crippen LogP contribution in [0.4, 0.5) is 4.39 Å². The molecule has 3 heteroatoms. The van der Waals surface area contributed by atoms with E-state index >= 15 is 0 Å². The Morgan fingerprint density at radius 1 is 1.36 bits per heavy atom. The van der Waals surface area contributed by atoms with E-state index in [0.29, 0.717) is 24.3 Å². The van der Waals surface area contributed by atoms with Crippen molar-refractivity contribution in [2.75, 3.05) is 13.2 Å². The molecule has 2 nitrogen and oxygen atoms in total. The minimum atomic E-state index is -0.943. The molecule has 1 aromatic carbocycles. The molecule has 0 aliphatic rings. The first-order chi connectivity index (χ1) is 6.74. The summed E-state index contributed by atoms with van der Waals surface area (Å²) >= 11 is 0. The molecule has 0 aromatic heterocycles. The molecule has 1 N–H and O–H groups in total. The van der Waals surface area contributed by atoms with E-state index in [0.717, 1.165) is 0 Å². The van der Waals surface area contributed by atoms with Crippen LogP contribution in [0.1, 0.15) is 25.1 Å². The van der Waals surface area contributed by atoms with Gasteiger partial charge in [-0.15, -0.1) is 0 Å². The maximum absolute atomic E-state index is 12.8. The van der Waals surface area contributed by atoms with Crippen LogP contribution in [-0.4, -0.2) is 18.3 Å². The summed E-state index contributed by atoms with van der Waals surface area (Å²) in [7, 11) is 0. The molecule has 0 aliphatic carbocycles. The summed E-state index contributed by atoms with van der Waals surface area (Å²) in [5.74, 6) is 0.711. The Labute approximate surface area is 83.3 Å². The summed E-state index contributed by atoms with van der Waals surface area (Å²) in [6, 6.07) is 6.89. The third-order valence-electron chi connectivity index (χ3n) is 1.91. The van der Waals surface area contributed by atoms with E-state index in [1.807, 2.05) is 0 Å². The fourth-order valence-corrected chi connectivity index (χ4v) is 1.08. The lowest BCUT2D eigenvalue weighted by Gasteiger charge is -2.06. The van der Waals surface area contributed by atoms with Gasteiger partial charge >= 0.3 is 0 Å². The summed E-state index contributed by atoms with van der Waals surface area (Å²) in [5.41, 5.74) is 0.652. The summed E-state index contributed by atoms with van der Waals surface area (Å²) in [6.45, 7) is 2.11. The highest BCUT2D eigenvalue weighted by Gasteiger charge is 2.01. The average Bonchev–Trinajstić information content (AvgIpc) is 2.19. The zero-order valence-electron chi connectivity index (χ0n) is 8.24. The van der Waals surface area contributed by atoms with E-state index < -0.39 is 6.17 Å². The van der Waals surface area contributed by atoms with E-state index in [4.69, 9.17) is 9.84 Å². The van der Waals surface area contributed by atoms with Crippen molar-refractivity contribution in [2.45, 2.75) is 19.5 Å². The summed E-state index contributed by atoms with van der Waals surface area (Å²) in [4.78, 5) is 0. The largest absolute Gasteiger partial charge is 0.494 e. The number of halogens is 1. The topological polar surface area (TPSA) is 29.5 Å². The predicted octanol–water partition coefficient (Wildman–Crippen LogP) is 2.48. The second-order valence-electron chi connectivity index (χ2n) is 3.11. The molecule has 1 atom stereocenters. The summed E-state index contributed by atoms with van der Waals surface area (Å²) in [6.07, 6.45) is -0.331. The molecule has 0 spiro atoms. The second-order valence-corrected chi connectivity index (χ2v) is 3.11. The van der Waals surface area contributed by atoms with Gasteiger partial charge in [0, 0.05) is 13.0 Å². The number of benzene rings is 1. The first-order valence-electron chi connectivity index (χ1n) is 4.71. The zero-order chi connectivity index (χ0) is 10.4. The number of aliphatic hydroxyl groups excluding tert-OH is 1. The van der Waals surface area contributed by atoms with Crippen molar-refractivity contribution in [1.82, 2.24) is 0 Å². The van der Waals surface area contributed by atoms with Crippen LogP contribution in [-0.2, 0) is 0 Å². The molecule has 0 saturated carbocycles. The van der Waals surface area contributed by atoms with Gasteiger partial charge in [0.1, 0.15) is 11.9 Å². The quantitative estimate of drug-likeness (QED) is 0.736. The molecule has 0 fully saturated rings. The number of ether oxygens (including phenoxy) is 1. The van der Waals surface area contributed by atoms with Crippen molar-refractivity contribution in [3.8, 4) is 5.75 Å². The molecule has 0 radical (unpaired) electrons. The Balaban J connectivity index is 2.47. The van der Waals surface area contributed by atoms with Crippen molar-refractivity contribution in [3.05, 3.63) is 29.8 Å². The number of rotatable bonds is 5. The van der Waals surface area contributed by atoms with Gasteiger partial charge in [0.05, 0.1) is 6.61 Å². The van der Waals surface area contributed by atoms with Gasteiger partial charge in [-0.2, -0.15) is 0 Å². The molecule has 0 saturated heterocycles. The van der Waals surface area contributed by atoms with Crippen LogP contribution in [0.5, 0.6) is 5.75 Å². The fourth-order valence-electron chi connectivity index (χ4n) is 1.08. The van der Waals surface area contributed by atoms with E-state index in [9.17, 15) is 4.39 Å². The predicted molar refractivity (Wildman–Crippen MR) is 53.2 cm³/mol. The van der Waals surface area contributed by atoms with Crippen LogP contribution in [0.25, 0.3) is 0 Å². The van der Waals surface area contributed by atoms with Crippen LogP contribution in [0.3, 0.4) is 0 Å². The average molecular weight is 198 g/mol. The van der Waals surface area contributed by atoms with Gasteiger partial charge in [-0.05, 0) is 24.6 Å². The first kappa shape index (κ1) is 11.0.